The second-order valence-corrected chi connectivity index (χ2v) is 8.41. The third-order valence-electron chi connectivity index (χ3n) is 4.19. The summed E-state index contributed by atoms with van der Waals surface area (Å²) in [5, 5.41) is 0.121. The number of nitrogens with zero attached hydrogens (tertiary/aromatic N) is 4. The molecule has 0 spiro atoms. The first-order valence-electron chi connectivity index (χ1n) is 9.06. The van der Waals surface area contributed by atoms with Crippen LogP contribution in [0.25, 0.3) is 11.2 Å². The van der Waals surface area contributed by atoms with Crippen molar-refractivity contribution in [1.29, 1.82) is 0 Å². The second-order valence-electron chi connectivity index (χ2n) is 6.43. The summed E-state index contributed by atoms with van der Waals surface area (Å²) in [6.07, 6.45) is 4.99. The highest BCUT2D eigenvalue weighted by atomic mass is 35.5. The minimum Gasteiger partial charge on any atom is -0.305 e. The fraction of sp³-hybridized carbons (Fsp3) is 0.588. The highest BCUT2D eigenvalue weighted by molar-refractivity contribution is 7.85. The molecule has 2 aromatic heterocycles. The summed E-state index contributed by atoms with van der Waals surface area (Å²) >= 11 is 6.18. The van der Waals surface area contributed by atoms with Crippen LogP contribution in [0.2, 0.25) is 5.28 Å². The van der Waals surface area contributed by atoms with Crippen molar-refractivity contribution in [1.82, 2.24) is 18.7 Å². The molecule has 0 amide bonds. The summed E-state index contributed by atoms with van der Waals surface area (Å²) in [7, 11) is -3.51. The second kappa shape index (κ2) is 9.53. The average molecular weight is 433 g/mol. The van der Waals surface area contributed by atoms with Crippen LogP contribution in [-0.2, 0) is 33.9 Å². The van der Waals surface area contributed by atoms with Crippen molar-refractivity contribution in [2.24, 2.45) is 0 Å². The van der Waals surface area contributed by atoms with Crippen LogP contribution in [0.15, 0.2) is 22.2 Å². The monoisotopic (exact) mass is 432 g/mol. The van der Waals surface area contributed by atoms with E-state index in [0.29, 0.717) is 25.9 Å². The van der Waals surface area contributed by atoms with Crippen LogP contribution in [-0.4, -0.2) is 40.0 Å². The number of hydrogen-bond acceptors (Lipinski definition) is 6. The molecule has 0 N–H and O–H groups in total. The molecule has 2 rings (SSSR count). The third kappa shape index (κ3) is 5.12. The summed E-state index contributed by atoms with van der Waals surface area (Å²) in [6, 6.07) is 0. The topological polar surface area (TPSA) is 105 Å². The maximum Gasteiger partial charge on any atom is 0.332 e. The molecule has 0 saturated heterocycles. The van der Waals surface area contributed by atoms with Gasteiger partial charge >= 0.3 is 5.69 Å². The van der Waals surface area contributed by atoms with Gasteiger partial charge in [-0.25, -0.2) is 4.79 Å². The molecule has 0 aliphatic rings. The van der Waals surface area contributed by atoms with Gasteiger partial charge in [0.15, 0.2) is 11.2 Å². The smallest absolute Gasteiger partial charge is 0.305 e. The summed E-state index contributed by atoms with van der Waals surface area (Å²) in [6.45, 7) is 6.53. The normalized spacial score (nSPS) is 12.0. The molecule has 156 valence electrons. The van der Waals surface area contributed by atoms with Crippen LogP contribution in [0, 0.1) is 0 Å². The van der Waals surface area contributed by atoms with Crippen molar-refractivity contribution in [3.8, 4) is 0 Å². The summed E-state index contributed by atoms with van der Waals surface area (Å²) < 4.78 is 30.8. The van der Waals surface area contributed by atoms with E-state index in [9.17, 15) is 18.0 Å². The SMILES string of the molecule is C=CCn1c(Cl)nc2c1c(=O)n(CCCCOS(C)(=O)=O)c(=O)n2CCCC. The molecule has 0 saturated carbocycles. The Morgan fingerprint density at radius 3 is 2.43 bits per heavy atom. The molecule has 2 heterocycles. The Balaban J connectivity index is 2.44. The minimum atomic E-state index is -3.51. The van der Waals surface area contributed by atoms with Gasteiger partial charge in [-0.1, -0.05) is 19.4 Å². The van der Waals surface area contributed by atoms with Gasteiger partial charge in [0, 0.05) is 19.6 Å². The minimum absolute atomic E-state index is 0.0000775. The number of aryl methyl sites for hydroxylation is 1. The van der Waals surface area contributed by atoms with Crippen LogP contribution in [0.1, 0.15) is 32.6 Å². The standard InChI is InChI=1S/C17H25ClN4O5S/c1-4-6-10-21-14-13(20(9-5-2)16(18)19-14)15(23)22(17(21)24)11-7-8-12-27-28(3,25)26/h5H,2,4,6-12H2,1,3H3. The molecule has 0 radical (unpaired) electrons. The largest absolute Gasteiger partial charge is 0.332 e. The van der Waals surface area contributed by atoms with Crippen molar-refractivity contribution in [3.05, 3.63) is 38.8 Å². The molecule has 0 fully saturated rings. The fourth-order valence-electron chi connectivity index (χ4n) is 2.86. The quantitative estimate of drug-likeness (QED) is 0.232. The number of fused-ring (bicyclic) bond motifs is 1. The first-order chi connectivity index (χ1) is 13.2. The molecule has 0 atom stereocenters. The van der Waals surface area contributed by atoms with Gasteiger partial charge in [0.25, 0.3) is 15.7 Å². The molecule has 9 nitrogen and oxygen atoms in total. The van der Waals surface area contributed by atoms with Crippen LogP contribution >= 0.6 is 11.6 Å². The highest BCUT2D eigenvalue weighted by Gasteiger charge is 2.20. The van der Waals surface area contributed by atoms with Crippen LogP contribution in [0.5, 0.6) is 0 Å². The molecule has 0 aliphatic carbocycles. The zero-order valence-corrected chi connectivity index (χ0v) is 17.6. The van der Waals surface area contributed by atoms with Crippen LogP contribution in [0.3, 0.4) is 0 Å². The maximum atomic E-state index is 13.0. The highest BCUT2D eigenvalue weighted by Crippen LogP contribution is 2.16. The molecule has 0 aromatic carbocycles. The Morgan fingerprint density at radius 1 is 1.14 bits per heavy atom. The van der Waals surface area contributed by atoms with Gasteiger partial charge in [-0.15, -0.1) is 6.58 Å². The van der Waals surface area contributed by atoms with Crippen molar-refractivity contribution in [2.75, 3.05) is 12.9 Å². The Kier molecular flexibility index (Phi) is 7.62. The average Bonchev–Trinajstić information content (AvgIpc) is 2.93. The number of allylic oxidation sites excluding steroid dienone is 1. The molecule has 11 heteroatoms. The van der Waals surface area contributed by atoms with Gasteiger partial charge in [0.2, 0.25) is 5.28 Å². The number of imidazole rings is 1. The van der Waals surface area contributed by atoms with E-state index in [-0.39, 0.29) is 29.6 Å². The van der Waals surface area contributed by atoms with E-state index >= 15 is 0 Å². The Labute approximate surface area is 168 Å². The lowest BCUT2D eigenvalue weighted by Crippen LogP contribution is -2.40. The van der Waals surface area contributed by atoms with E-state index in [0.717, 1.165) is 23.7 Å². The summed E-state index contributed by atoms with van der Waals surface area (Å²) in [5.41, 5.74) is -0.395. The zero-order chi connectivity index (χ0) is 20.9. The number of aromatic nitrogens is 4. The summed E-state index contributed by atoms with van der Waals surface area (Å²) in [4.78, 5) is 30.1. The van der Waals surface area contributed by atoms with E-state index in [4.69, 9.17) is 11.6 Å². The molecule has 0 bridgehead atoms. The van der Waals surface area contributed by atoms with Crippen molar-refractivity contribution in [2.45, 2.75) is 52.2 Å². The predicted molar refractivity (Wildman–Crippen MR) is 108 cm³/mol. The van der Waals surface area contributed by atoms with Crippen molar-refractivity contribution < 1.29 is 12.6 Å². The van der Waals surface area contributed by atoms with E-state index in [2.05, 4.69) is 15.7 Å². The lowest BCUT2D eigenvalue weighted by molar-refractivity contribution is 0.307. The van der Waals surface area contributed by atoms with Gasteiger partial charge < -0.3 is 4.57 Å². The van der Waals surface area contributed by atoms with Crippen molar-refractivity contribution in [3.63, 3.8) is 0 Å². The zero-order valence-electron chi connectivity index (χ0n) is 16.1. The Morgan fingerprint density at radius 2 is 1.82 bits per heavy atom. The maximum absolute atomic E-state index is 13.0. The van der Waals surface area contributed by atoms with Gasteiger partial charge in [-0.3, -0.25) is 18.1 Å². The molecular weight excluding hydrogens is 408 g/mol. The van der Waals surface area contributed by atoms with Gasteiger partial charge in [0.1, 0.15) is 0 Å². The first-order valence-corrected chi connectivity index (χ1v) is 11.2. The Hall–Kier alpha value is -1.91. The molecule has 0 unspecified atom stereocenters. The molecular formula is C17H25ClN4O5S. The Bertz CT molecular complexity index is 1070. The number of unbranched alkanes of at least 4 members (excludes halogenated alkanes) is 2. The lowest BCUT2D eigenvalue weighted by Gasteiger charge is -2.12. The van der Waals surface area contributed by atoms with Crippen molar-refractivity contribution >= 4 is 32.9 Å². The van der Waals surface area contributed by atoms with E-state index in [1.165, 1.54) is 9.13 Å². The number of hydrogen-bond donors (Lipinski definition) is 0. The number of halogens is 1. The fourth-order valence-corrected chi connectivity index (χ4v) is 3.51. The third-order valence-corrected chi connectivity index (χ3v) is 5.07. The lowest BCUT2D eigenvalue weighted by atomic mass is 10.3. The number of rotatable bonds is 11. The van der Waals surface area contributed by atoms with E-state index in [1.54, 1.807) is 6.08 Å². The summed E-state index contributed by atoms with van der Waals surface area (Å²) in [5.74, 6) is 0. The van der Waals surface area contributed by atoms with Crippen LogP contribution in [0.4, 0.5) is 0 Å². The first kappa shape index (κ1) is 22.4. The van der Waals surface area contributed by atoms with Crippen LogP contribution < -0.4 is 11.2 Å². The molecule has 2 aromatic rings. The molecule has 28 heavy (non-hydrogen) atoms. The van der Waals surface area contributed by atoms with Gasteiger partial charge in [0.05, 0.1) is 12.9 Å². The van der Waals surface area contributed by atoms with E-state index < -0.39 is 21.4 Å². The van der Waals surface area contributed by atoms with Gasteiger partial charge in [-0.2, -0.15) is 13.4 Å². The predicted octanol–water partition coefficient (Wildman–Crippen LogP) is 1.76. The van der Waals surface area contributed by atoms with Gasteiger partial charge in [-0.05, 0) is 30.9 Å². The molecule has 0 aliphatic heterocycles. The van der Waals surface area contributed by atoms with E-state index in [1.807, 2.05) is 6.92 Å².